The van der Waals surface area contributed by atoms with E-state index in [1.54, 1.807) is 12.1 Å². The quantitative estimate of drug-likeness (QED) is 0.478. The average Bonchev–Trinajstić information content (AvgIpc) is 2.37. The van der Waals surface area contributed by atoms with Gasteiger partial charge in [0.25, 0.3) is 0 Å². The molecule has 0 bridgehead atoms. The van der Waals surface area contributed by atoms with Crippen LogP contribution in [0.5, 0.6) is 11.5 Å². The van der Waals surface area contributed by atoms with E-state index in [1.807, 2.05) is 13.0 Å². The van der Waals surface area contributed by atoms with Gasteiger partial charge in [-0.15, -0.1) is 0 Å². The zero-order valence-corrected chi connectivity index (χ0v) is 12.8. The van der Waals surface area contributed by atoms with Crippen molar-refractivity contribution in [2.24, 2.45) is 5.73 Å². The number of nitrogens with two attached hydrogens (primary N) is 1. The highest BCUT2D eigenvalue weighted by Gasteiger charge is 2.12. The molecular weight excluding hydrogens is 347 g/mol. The number of benzene rings is 2. The molecule has 0 amide bonds. The van der Waals surface area contributed by atoms with Gasteiger partial charge in [-0.1, -0.05) is 23.2 Å². The van der Waals surface area contributed by atoms with Crippen LogP contribution in [0, 0.1) is 18.2 Å². The first-order valence-electron chi connectivity index (χ1n) is 5.66. The largest absolute Gasteiger partial charge is 0.455 e. The number of hydrogen-bond acceptors (Lipinski definition) is 2. The summed E-state index contributed by atoms with van der Waals surface area (Å²) in [5.41, 5.74) is 6.92. The maximum Gasteiger partial charge on any atom is 0.145 e. The van der Waals surface area contributed by atoms with Crippen LogP contribution in [0.3, 0.4) is 0 Å². The molecule has 0 aliphatic heterocycles. The fraction of sp³-hybridized carbons (Fsp3) is 0.0714. The van der Waals surface area contributed by atoms with E-state index in [9.17, 15) is 4.39 Å². The fourth-order valence-electron chi connectivity index (χ4n) is 1.64. The monoisotopic (exact) mass is 356 g/mol. The highest BCUT2D eigenvalue weighted by atomic mass is 79.9. The topological polar surface area (TPSA) is 59.1 Å². The van der Waals surface area contributed by atoms with Gasteiger partial charge in [0.05, 0.1) is 15.1 Å². The molecule has 6 heteroatoms. The third-order valence-corrected chi connectivity index (χ3v) is 3.53. The van der Waals surface area contributed by atoms with Gasteiger partial charge in [-0.25, -0.2) is 4.39 Å². The Balaban J connectivity index is 2.45. The number of nitrogen functional groups attached to an aromatic ring is 1. The predicted octanol–water partition coefficient (Wildman–Crippen LogP) is 4.63. The lowest BCUT2D eigenvalue weighted by Crippen LogP contribution is -2.12. The minimum Gasteiger partial charge on any atom is -0.455 e. The second-order valence-electron chi connectivity index (χ2n) is 4.21. The Kier molecular flexibility index (Phi) is 4.30. The van der Waals surface area contributed by atoms with Crippen molar-refractivity contribution in [3.05, 3.63) is 56.8 Å². The summed E-state index contributed by atoms with van der Waals surface area (Å²) in [7, 11) is 0. The van der Waals surface area contributed by atoms with Gasteiger partial charge in [0.2, 0.25) is 0 Å². The van der Waals surface area contributed by atoms with Crippen LogP contribution in [0.2, 0.25) is 5.02 Å². The lowest BCUT2D eigenvalue weighted by Gasteiger charge is -2.12. The smallest absolute Gasteiger partial charge is 0.145 e. The van der Waals surface area contributed by atoms with Crippen molar-refractivity contribution in [3.8, 4) is 11.5 Å². The van der Waals surface area contributed by atoms with Gasteiger partial charge in [0, 0.05) is 6.07 Å². The first kappa shape index (κ1) is 14.8. The summed E-state index contributed by atoms with van der Waals surface area (Å²) in [6.45, 7) is 1.88. The molecule has 3 nitrogen and oxygen atoms in total. The van der Waals surface area contributed by atoms with Gasteiger partial charge in [0.15, 0.2) is 0 Å². The molecule has 0 unspecified atom stereocenters. The van der Waals surface area contributed by atoms with Crippen molar-refractivity contribution < 1.29 is 9.13 Å². The van der Waals surface area contributed by atoms with E-state index >= 15 is 0 Å². The summed E-state index contributed by atoms with van der Waals surface area (Å²) in [5.74, 6) is -0.0561. The normalized spacial score (nSPS) is 10.4. The molecule has 0 spiro atoms. The van der Waals surface area contributed by atoms with Crippen LogP contribution in [0.1, 0.15) is 11.1 Å². The predicted molar refractivity (Wildman–Crippen MR) is 81.4 cm³/mol. The Bertz CT molecular complexity index is 691. The van der Waals surface area contributed by atoms with Crippen LogP contribution in [-0.4, -0.2) is 5.84 Å². The SMILES string of the molecule is Cc1ccc(Oc2cc(F)c(Cl)cc2Br)c(C(=N)N)c1. The van der Waals surface area contributed by atoms with Crippen LogP contribution in [0.25, 0.3) is 0 Å². The van der Waals surface area contributed by atoms with Gasteiger partial charge in [-0.2, -0.15) is 0 Å². The van der Waals surface area contributed by atoms with E-state index in [-0.39, 0.29) is 16.6 Å². The van der Waals surface area contributed by atoms with Crippen molar-refractivity contribution in [1.29, 1.82) is 5.41 Å². The molecule has 0 saturated carbocycles. The Morgan fingerprint density at radius 1 is 1.30 bits per heavy atom. The Morgan fingerprint density at radius 3 is 2.65 bits per heavy atom. The molecule has 0 heterocycles. The third kappa shape index (κ3) is 3.11. The number of nitrogens with one attached hydrogen (secondary N) is 1. The summed E-state index contributed by atoms with van der Waals surface area (Å²) >= 11 is 8.93. The number of ether oxygens (including phenoxy) is 1. The summed E-state index contributed by atoms with van der Waals surface area (Å²) in [5, 5.41) is 7.56. The first-order valence-corrected chi connectivity index (χ1v) is 6.83. The van der Waals surface area contributed by atoms with Crippen LogP contribution in [-0.2, 0) is 0 Å². The zero-order chi connectivity index (χ0) is 14.9. The number of aryl methyl sites for hydroxylation is 1. The van der Waals surface area contributed by atoms with Gasteiger partial charge in [0.1, 0.15) is 23.2 Å². The van der Waals surface area contributed by atoms with Crippen molar-refractivity contribution in [1.82, 2.24) is 0 Å². The fourth-order valence-corrected chi connectivity index (χ4v) is 2.36. The molecule has 0 radical (unpaired) electrons. The van der Waals surface area contributed by atoms with E-state index in [1.165, 1.54) is 12.1 Å². The summed E-state index contributed by atoms with van der Waals surface area (Å²) in [4.78, 5) is 0. The minimum absolute atomic E-state index is 0.0000718. The van der Waals surface area contributed by atoms with Crippen LogP contribution >= 0.6 is 27.5 Å². The van der Waals surface area contributed by atoms with E-state index in [0.717, 1.165) is 5.56 Å². The van der Waals surface area contributed by atoms with Gasteiger partial charge in [-0.05, 0) is 41.1 Å². The van der Waals surface area contributed by atoms with Crippen molar-refractivity contribution in [2.75, 3.05) is 0 Å². The number of rotatable bonds is 3. The van der Waals surface area contributed by atoms with Crippen molar-refractivity contribution >= 4 is 33.4 Å². The van der Waals surface area contributed by atoms with Gasteiger partial charge in [-0.3, -0.25) is 5.41 Å². The summed E-state index contributed by atoms with van der Waals surface area (Å²) < 4.78 is 19.6. The standard InChI is InChI=1S/C14H11BrClFN2O/c1-7-2-3-12(8(4-7)14(18)19)20-13-6-11(17)10(16)5-9(13)15/h2-6H,1H3,(H3,18,19). The maximum atomic E-state index is 13.5. The molecule has 0 fully saturated rings. The lowest BCUT2D eigenvalue weighted by atomic mass is 10.1. The molecule has 0 aromatic heterocycles. The van der Waals surface area contributed by atoms with Crippen molar-refractivity contribution in [3.63, 3.8) is 0 Å². The molecule has 2 rings (SSSR count). The van der Waals surface area contributed by atoms with Gasteiger partial charge < -0.3 is 10.5 Å². The van der Waals surface area contributed by atoms with Gasteiger partial charge >= 0.3 is 0 Å². The second-order valence-corrected chi connectivity index (χ2v) is 5.47. The van der Waals surface area contributed by atoms with Crippen molar-refractivity contribution in [2.45, 2.75) is 6.92 Å². The Labute approximate surface area is 129 Å². The van der Waals surface area contributed by atoms with E-state index in [0.29, 0.717) is 15.8 Å². The highest BCUT2D eigenvalue weighted by Crippen LogP contribution is 2.35. The molecule has 3 N–H and O–H groups in total. The number of hydrogen-bond donors (Lipinski definition) is 2. The minimum atomic E-state index is -0.582. The number of amidine groups is 1. The molecule has 0 saturated heterocycles. The molecule has 0 aliphatic rings. The first-order chi connectivity index (χ1) is 9.38. The molecule has 0 atom stereocenters. The molecule has 2 aromatic rings. The molecule has 104 valence electrons. The average molecular weight is 358 g/mol. The lowest BCUT2D eigenvalue weighted by molar-refractivity contribution is 0.472. The Hall–Kier alpha value is -1.59. The Morgan fingerprint density at radius 2 is 2.00 bits per heavy atom. The van der Waals surface area contributed by atoms with E-state index in [4.69, 9.17) is 27.5 Å². The third-order valence-electron chi connectivity index (χ3n) is 2.62. The van der Waals surface area contributed by atoms with Crippen LogP contribution in [0.15, 0.2) is 34.8 Å². The summed E-state index contributed by atoms with van der Waals surface area (Å²) in [6.07, 6.45) is 0. The second kappa shape index (κ2) is 5.81. The molecule has 2 aromatic carbocycles. The van der Waals surface area contributed by atoms with Crippen LogP contribution in [0.4, 0.5) is 4.39 Å². The molecular formula is C14H11BrClFN2O. The number of halogens is 3. The summed E-state index contributed by atoms with van der Waals surface area (Å²) in [6, 6.07) is 7.83. The van der Waals surface area contributed by atoms with Crippen LogP contribution < -0.4 is 10.5 Å². The van der Waals surface area contributed by atoms with E-state index in [2.05, 4.69) is 15.9 Å². The zero-order valence-electron chi connectivity index (χ0n) is 10.5. The van der Waals surface area contributed by atoms with E-state index < -0.39 is 5.82 Å². The highest BCUT2D eigenvalue weighted by molar-refractivity contribution is 9.10. The maximum absolute atomic E-state index is 13.5. The molecule has 20 heavy (non-hydrogen) atoms. The molecule has 0 aliphatic carbocycles.